The third-order valence-corrected chi connectivity index (χ3v) is 3.10. The summed E-state index contributed by atoms with van der Waals surface area (Å²) in [4.78, 5) is 20.1. The van der Waals surface area contributed by atoms with Gasteiger partial charge in [0.25, 0.3) is 5.56 Å². The van der Waals surface area contributed by atoms with Crippen LogP contribution in [0.4, 0.5) is 5.95 Å². The zero-order chi connectivity index (χ0) is 13.8. The molecule has 0 atom stereocenters. The van der Waals surface area contributed by atoms with Crippen molar-refractivity contribution in [1.82, 2.24) is 24.3 Å². The summed E-state index contributed by atoms with van der Waals surface area (Å²) in [6.45, 7) is 5.08. The smallest absolute Gasteiger partial charge is 0.263 e. The lowest BCUT2D eigenvalue weighted by Crippen LogP contribution is -2.27. The highest BCUT2D eigenvalue weighted by atomic mass is 32.1. The molecule has 0 unspecified atom stereocenters. The number of aliphatic imine (C=N–C) groups is 1. The standard InChI is InChI=1S/C11H14N6OS/c1-3-16-6-8(5-12-10-13-7-14-15-10)9(18)17(4-2)11(16)19/h5-7H,3-4H2,1-2H3,(H,13,14,15)/b12-5+. The van der Waals surface area contributed by atoms with Crippen LogP contribution in [-0.4, -0.2) is 30.5 Å². The van der Waals surface area contributed by atoms with Crippen molar-refractivity contribution in [3.63, 3.8) is 0 Å². The lowest BCUT2D eigenvalue weighted by atomic mass is 10.3. The maximum atomic E-state index is 12.2. The fraction of sp³-hybridized carbons (Fsp3) is 0.364. The minimum Gasteiger partial charge on any atom is -0.325 e. The van der Waals surface area contributed by atoms with Gasteiger partial charge >= 0.3 is 0 Å². The molecular formula is C11H14N6OS. The van der Waals surface area contributed by atoms with E-state index in [-0.39, 0.29) is 5.56 Å². The molecule has 0 bridgehead atoms. The van der Waals surface area contributed by atoms with E-state index in [1.54, 1.807) is 10.8 Å². The molecule has 7 nitrogen and oxygen atoms in total. The fourth-order valence-corrected chi connectivity index (χ4v) is 2.06. The summed E-state index contributed by atoms with van der Waals surface area (Å²) in [5.41, 5.74) is 0.314. The van der Waals surface area contributed by atoms with Crippen LogP contribution in [0.5, 0.6) is 0 Å². The Balaban J connectivity index is 2.52. The van der Waals surface area contributed by atoms with Crippen LogP contribution in [-0.2, 0) is 13.1 Å². The Morgan fingerprint density at radius 2 is 2.26 bits per heavy atom. The summed E-state index contributed by atoms with van der Waals surface area (Å²) in [6.07, 6.45) is 4.53. The highest BCUT2D eigenvalue weighted by Crippen LogP contribution is 2.00. The Hall–Kier alpha value is -2.09. The van der Waals surface area contributed by atoms with Crippen molar-refractivity contribution in [2.24, 2.45) is 4.99 Å². The number of nitrogens with zero attached hydrogens (tertiary/aromatic N) is 5. The molecule has 2 aromatic rings. The van der Waals surface area contributed by atoms with Gasteiger partial charge in [0.2, 0.25) is 5.95 Å². The van der Waals surface area contributed by atoms with Crippen LogP contribution >= 0.6 is 12.2 Å². The van der Waals surface area contributed by atoms with Gasteiger partial charge in [0, 0.05) is 25.5 Å². The van der Waals surface area contributed by atoms with Crippen LogP contribution in [0.2, 0.25) is 0 Å². The molecule has 0 aliphatic carbocycles. The molecule has 100 valence electrons. The Labute approximate surface area is 114 Å². The molecule has 0 aliphatic heterocycles. The molecule has 19 heavy (non-hydrogen) atoms. The van der Waals surface area contributed by atoms with Gasteiger partial charge in [-0.1, -0.05) is 0 Å². The largest absolute Gasteiger partial charge is 0.325 e. The van der Waals surface area contributed by atoms with Gasteiger partial charge in [-0.15, -0.1) is 0 Å². The number of H-pyrrole nitrogens is 1. The fourth-order valence-electron chi connectivity index (χ4n) is 1.66. The summed E-state index contributed by atoms with van der Waals surface area (Å²) >= 11 is 5.25. The van der Waals surface area contributed by atoms with Crippen LogP contribution in [0.3, 0.4) is 0 Å². The van der Waals surface area contributed by atoms with Crippen molar-refractivity contribution in [2.45, 2.75) is 26.9 Å². The van der Waals surface area contributed by atoms with Gasteiger partial charge in [0.1, 0.15) is 6.33 Å². The van der Waals surface area contributed by atoms with Crippen molar-refractivity contribution in [1.29, 1.82) is 0 Å². The Kier molecular flexibility index (Phi) is 4.00. The van der Waals surface area contributed by atoms with E-state index in [0.29, 0.717) is 29.4 Å². The van der Waals surface area contributed by atoms with Crippen LogP contribution in [0.15, 0.2) is 22.3 Å². The van der Waals surface area contributed by atoms with E-state index < -0.39 is 0 Å². The molecule has 2 heterocycles. The normalized spacial score (nSPS) is 11.3. The number of hydrogen-bond donors (Lipinski definition) is 1. The van der Waals surface area contributed by atoms with Crippen LogP contribution < -0.4 is 5.56 Å². The average molecular weight is 278 g/mol. The predicted molar refractivity (Wildman–Crippen MR) is 74.5 cm³/mol. The molecule has 2 rings (SSSR count). The van der Waals surface area contributed by atoms with E-state index in [9.17, 15) is 4.79 Å². The lowest BCUT2D eigenvalue weighted by Gasteiger charge is -2.10. The predicted octanol–water partition coefficient (Wildman–Crippen LogP) is 1.29. The summed E-state index contributed by atoms with van der Waals surface area (Å²) in [6, 6.07) is 0. The molecular weight excluding hydrogens is 264 g/mol. The van der Waals surface area contributed by atoms with E-state index in [1.807, 2.05) is 18.4 Å². The first-order chi connectivity index (χ1) is 9.17. The van der Waals surface area contributed by atoms with E-state index >= 15 is 0 Å². The van der Waals surface area contributed by atoms with Gasteiger partial charge in [0.05, 0.1) is 5.56 Å². The molecule has 1 N–H and O–H groups in total. The monoisotopic (exact) mass is 278 g/mol. The first kappa shape index (κ1) is 13.3. The minimum absolute atomic E-state index is 0.152. The maximum absolute atomic E-state index is 12.2. The quantitative estimate of drug-likeness (QED) is 0.675. The second-order valence-corrected chi connectivity index (χ2v) is 4.13. The zero-order valence-electron chi connectivity index (χ0n) is 10.7. The maximum Gasteiger partial charge on any atom is 0.263 e. The summed E-state index contributed by atoms with van der Waals surface area (Å²) < 4.78 is 3.90. The molecule has 0 spiro atoms. The van der Waals surface area contributed by atoms with Crippen LogP contribution in [0.25, 0.3) is 0 Å². The molecule has 8 heteroatoms. The minimum atomic E-state index is -0.152. The summed E-state index contributed by atoms with van der Waals surface area (Å²) in [5.74, 6) is 0.355. The third-order valence-electron chi connectivity index (χ3n) is 2.65. The lowest BCUT2D eigenvalue weighted by molar-refractivity contribution is 0.610. The number of hydrogen-bond acceptors (Lipinski definition) is 5. The molecule has 0 amide bonds. The Morgan fingerprint density at radius 3 is 2.84 bits per heavy atom. The second kappa shape index (κ2) is 5.70. The number of aromatic nitrogens is 5. The summed E-state index contributed by atoms with van der Waals surface area (Å²) in [5, 5.41) is 6.28. The highest BCUT2D eigenvalue weighted by molar-refractivity contribution is 7.71. The SMILES string of the molecule is CCn1cc(/C=N/c2ncn[nH]2)c(=O)n(CC)c1=S. The molecule has 0 aromatic carbocycles. The number of rotatable bonds is 4. The Morgan fingerprint density at radius 1 is 1.47 bits per heavy atom. The first-order valence-electron chi connectivity index (χ1n) is 5.91. The van der Waals surface area contributed by atoms with Gasteiger partial charge < -0.3 is 4.57 Å². The van der Waals surface area contributed by atoms with Crippen LogP contribution in [0, 0.1) is 4.77 Å². The zero-order valence-corrected chi connectivity index (χ0v) is 11.5. The molecule has 0 fully saturated rings. The van der Waals surface area contributed by atoms with Crippen molar-refractivity contribution in [3.8, 4) is 0 Å². The Bertz CT molecular complexity index is 697. The third kappa shape index (κ3) is 2.68. The van der Waals surface area contributed by atoms with Crippen molar-refractivity contribution in [3.05, 3.63) is 33.2 Å². The first-order valence-corrected chi connectivity index (χ1v) is 6.31. The van der Waals surface area contributed by atoms with E-state index in [1.165, 1.54) is 12.5 Å². The number of aryl methyl sites for hydroxylation is 1. The number of aromatic amines is 1. The average Bonchev–Trinajstić information content (AvgIpc) is 2.92. The molecule has 0 saturated heterocycles. The molecule has 0 aliphatic rings. The van der Waals surface area contributed by atoms with Crippen LogP contribution in [0.1, 0.15) is 19.4 Å². The van der Waals surface area contributed by atoms with Gasteiger partial charge in [-0.05, 0) is 26.1 Å². The molecule has 0 saturated carbocycles. The molecule has 0 radical (unpaired) electrons. The van der Waals surface area contributed by atoms with E-state index in [0.717, 1.165) is 0 Å². The second-order valence-electron chi connectivity index (χ2n) is 3.77. The number of nitrogens with one attached hydrogen (secondary N) is 1. The van der Waals surface area contributed by atoms with Gasteiger partial charge in [-0.25, -0.2) is 10.1 Å². The topological polar surface area (TPSA) is 80.9 Å². The van der Waals surface area contributed by atoms with Crippen molar-refractivity contribution < 1.29 is 0 Å². The van der Waals surface area contributed by atoms with Gasteiger partial charge in [0.15, 0.2) is 4.77 Å². The van der Waals surface area contributed by atoms with Gasteiger partial charge in [-0.2, -0.15) is 10.1 Å². The summed E-state index contributed by atoms with van der Waals surface area (Å²) in [7, 11) is 0. The molecule has 2 aromatic heterocycles. The van der Waals surface area contributed by atoms with Gasteiger partial charge in [-0.3, -0.25) is 9.36 Å². The van der Waals surface area contributed by atoms with Crippen molar-refractivity contribution >= 4 is 24.4 Å². The van der Waals surface area contributed by atoms with E-state index in [4.69, 9.17) is 12.2 Å². The van der Waals surface area contributed by atoms with E-state index in [2.05, 4.69) is 20.2 Å². The highest BCUT2D eigenvalue weighted by Gasteiger charge is 2.05. The van der Waals surface area contributed by atoms with Crippen molar-refractivity contribution in [2.75, 3.05) is 0 Å².